The van der Waals surface area contributed by atoms with E-state index in [2.05, 4.69) is 65.8 Å². The van der Waals surface area contributed by atoms with Crippen molar-refractivity contribution in [1.29, 1.82) is 0 Å². The summed E-state index contributed by atoms with van der Waals surface area (Å²) in [6.45, 7) is 4.75. The minimum absolute atomic E-state index is 0.122. The molecule has 1 aromatic heterocycles. The third kappa shape index (κ3) is 3.97. The fraction of sp³-hybridized carbons (Fsp3) is 0.238. The molecule has 3 rings (SSSR count). The number of nitrogens with one attached hydrogen (secondary N) is 2. The molecule has 1 heterocycles. The summed E-state index contributed by atoms with van der Waals surface area (Å²) < 4.78 is 0. The second kappa shape index (κ2) is 7.79. The van der Waals surface area contributed by atoms with Crippen LogP contribution >= 0.6 is 0 Å². The first kappa shape index (κ1) is 17.0. The lowest BCUT2D eigenvalue weighted by Gasteiger charge is -2.07. The zero-order chi connectivity index (χ0) is 17.6. The molecule has 0 unspecified atom stereocenters. The second-order valence-corrected chi connectivity index (χ2v) is 6.06. The molecule has 0 aliphatic rings. The number of H-pyrrole nitrogens is 1. The molecule has 0 radical (unpaired) electrons. The summed E-state index contributed by atoms with van der Waals surface area (Å²) in [5, 5.41) is 9.97. The molecule has 2 aromatic carbocycles. The first-order valence-corrected chi connectivity index (χ1v) is 8.70. The number of hydrogen-bond donors (Lipinski definition) is 2. The van der Waals surface area contributed by atoms with E-state index in [1.807, 2.05) is 12.1 Å². The topological polar surface area (TPSA) is 57.8 Å². The molecule has 0 bridgehead atoms. The van der Waals surface area contributed by atoms with Gasteiger partial charge in [-0.3, -0.25) is 9.89 Å². The van der Waals surface area contributed by atoms with Crippen molar-refractivity contribution in [2.75, 3.05) is 0 Å². The summed E-state index contributed by atoms with van der Waals surface area (Å²) in [4.78, 5) is 12.5. The predicted octanol–water partition coefficient (Wildman–Crippen LogP) is 4.13. The Balaban J connectivity index is 1.71. The number of amides is 1. The van der Waals surface area contributed by atoms with Crippen molar-refractivity contribution < 1.29 is 4.79 Å². The Bertz CT molecular complexity index is 832. The van der Waals surface area contributed by atoms with Gasteiger partial charge in [-0.25, -0.2) is 0 Å². The number of nitrogens with zero attached hydrogens (tertiary/aromatic N) is 1. The van der Waals surface area contributed by atoms with Crippen molar-refractivity contribution in [1.82, 2.24) is 15.5 Å². The average Bonchev–Trinajstić information content (AvgIpc) is 3.16. The minimum atomic E-state index is -0.122. The second-order valence-electron chi connectivity index (χ2n) is 6.06. The molecule has 4 heteroatoms. The highest BCUT2D eigenvalue weighted by Crippen LogP contribution is 2.21. The summed E-state index contributed by atoms with van der Waals surface area (Å²) in [6.07, 6.45) is 3.59. The van der Waals surface area contributed by atoms with Crippen molar-refractivity contribution in [3.05, 3.63) is 77.0 Å². The normalized spacial score (nSPS) is 10.6. The van der Waals surface area contributed by atoms with Crippen LogP contribution in [0.5, 0.6) is 0 Å². The van der Waals surface area contributed by atoms with Gasteiger partial charge in [0, 0.05) is 12.1 Å². The Morgan fingerprint density at radius 2 is 1.48 bits per heavy atom. The zero-order valence-corrected chi connectivity index (χ0v) is 14.7. The van der Waals surface area contributed by atoms with Crippen LogP contribution in [0.15, 0.2) is 54.7 Å². The highest BCUT2D eigenvalue weighted by molar-refractivity contribution is 5.99. The largest absolute Gasteiger partial charge is 0.348 e. The van der Waals surface area contributed by atoms with Gasteiger partial charge in [0.2, 0.25) is 0 Å². The third-order valence-corrected chi connectivity index (χ3v) is 4.42. The first-order valence-electron chi connectivity index (χ1n) is 8.70. The summed E-state index contributed by atoms with van der Waals surface area (Å²) in [6, 6.07) is 16.5. The van der Waals surface area contributed by atoms with E-state index in [9.17, 15) is 4.79 Å². The minimum Gasteiger partial charge on any atom is -0.348 e. The molecule has 0 spiro atoms. The van der Waals surface area contributed by atoms with E-state index in [0.29, 0.717) is 12.1 Å². The molecule has 0 aliphatic carbocycles. The molecule has 2 N–H and O–H groups in total. The highest BCUT2D eigenvalue weighted by atomic mass is 16.1. The summed E-state index contributed by atoms with van der Waals surface area (Å²) in [7, 11) is 0. The smallest absolute Gasteiger partial charge is 0.255 e. The van der Waals surface area contributed by atoms with Gasteiger partial charge in [-0.2, -0.15) is 5.10 Å². The van der Waals surface area contributed by atoms with E-state index < -0.39 is 0 Å². The fourth-order valence-corrected chi connectivity index (χ4v) is 2.76. The van der Waals surface area contributed by atoms with Crippen LogP contribution in [0.4, 0.5) is 0 Å². The van der Waals surface area contributed by atoms with E-state index in [1.165, 1.54) is 11.1 Å². The molecule has 0 saturated heterocycles. The van der Waals surface area contributed by atoms with Crippen LogP contribution in [0.3, 0.4) is 0 Å². The Morgan fingerprint density at radius 1 is 0.920 bits per heavy atom. The van der Waals surface area contributed by atoms with Crippen molar-refractivity contribution in [2.45, 2.75) is 33.2 Å². The Labute approximate surface area is 148 Å². The van der Waals surface area contributed by atoms with E-state index in [-0.39, 0.29) is 5.91 Å². The summed E-state index contributed by atoms with van der Waals surface area (Å²) in [5.74, 6) is -0.122. The van der Waals surface area contributed by atoms with Crippen LogP contribution in [-0.4, -0.2) is 16.1 Å². The third-order valence-electron chi connectivity index (χ3n) is 4.42. The van der Waals surface area contributed by atoms with E-state index >= 15 is 0 Å². The van der Waals surface area contributed by atoms with Gasteiger partial charge in [0.05, 0.1) is 17.5 Å². The maximum Gasteiger partial charge on any atom is 0.255 e. The summed E-state index contributed by atoms with van der Waals surface area (Å²) in [5.41, 5.74) is 5.93. The zero-order valence-electron chi connectivity index (χ0n) is 14.7. The van der Waals surface area contributed by atoms with Crippen molar-refractivity contribution in [3.8, 4) is 11.3 Å². The molecule has 0 fully saturated rings. The Kier molecular flexibility index (Phi) is 5.29. The quantitative estimate of drug-likeness (QED) is 0.712. The number of carbonyl (C=O) groups is 1. The predicted molar refractivity (Wildman–Crippen MR) is 100 cm³/mol. The van der Waals surface area contributed by atoms with Gasteiger partial charge in [0.1, 0.15) is 0 Å². The van der Waals surface area contributed by atoms with E-state index in [4.69, 9.17) is 0 Å². The van der Waals surface area contributed by atoms with Crippen LogP contribution in [0.1, 0.15) is 40.9 Å². The molecule has 3 aromatic rings. The molecule has 0 saturated carbocycles. The van der Waals surface area contributed by atoms with Gasteiger partial charge in [0.15, 0.2) is 0 Å². The molecule has 4 nitrogen and oxygen atoms in total. The highest BCUT2D eigenvalue weighted by Gasteiger charge is 2.15. The molecule has 0 atom stereocenters. The summed E-state index contributed by atoms with van der Waals surface area (Å²) >= 11 is 0. The number of rotatable bonds is 6. The van der Waals surface area contributed by atoms with Crippen molar-refractivity contribution in [3.63, 3.8) is 0 Å². The number of carbonyl (C=O) groups excluding carboxylic acids is 1. The lowest BCUT2D eigenvalue weighted by Crippen LogP contribution is -2.23. The Morgan fingerprint density at radius 3 is 2.08 bits per heavy atom. The van der Waals surface area contributed by atoms with Gasteiger partial charge >= 0.3 is 0 Å². The Hall–Kier alpha value is -2.88. The number of aryl methyl sites for hydroxylation is 2. The fourth-order valence-electron chi connectivity index (χ4n) is 2.76. The van der Waals surface area contributed by atoms with Crippen molar-refractivity contribution >= 4 is 5.91 Å². The molecule has 1 amide bonds. The molecule has 25 heavy (non-hydrogen) atoms. The standard InChI is InChI=1S/C21H23N3O/c1-3-15-5-7-17(8-6-15)13-22-21(25)19-14-23-24-20(19)18-11-9-16(4-2)10-12-18/h5-12,14H,3-4,13H2,1-2H3,(H,22,25)(H,23,24). The van der Waals surface area contributed by atoms with Gasteiger partial charge in [-0.05, 0) is 29.5 Å². The monoisotopic (exact) mass is 333 g/mol. The molecule has 0 aliphatic heterocycles. The van der Waals surface area contributed by atoms with Gasteiger partial charge in [-0.1, -0.05) is 62.4 Å². The van der Waals surface area contributed by atoms with E-state index in [0.717, 1.165) is 29.7 Å². The van der Waals surface area contributed by atoms with Crippen LogP contribution in [-0.2, 0) is 19.4 Å². The van der Waals surface area contributed by atoms with Crippen LogP contribution in [0.25, 0.3) is 11.3 Å². The van der Waals surface area contributed by atoms with E-state index in [1.54, 1.807) is 6.20 Å². The average molecular weight is 333 g/mol. The maximum atomic E-state index is 12.5. The first-order chi connectivity index (χ1) is 12.2. The molecular formula is C21H23N3O. The molecule has 128 valence electrons. The van der Waals surface area contributed by atoms with Gasteiger partial charge in [0.25, 0.3) is 5.91 Å². The van der Waals surface area contributed by atoms with Crippen LogP contribution in [0.2, 0.25) is 0 Å². The van der Waals surface area contributed by atoms with Gasteiger partial charge in [-0.15, -0.1) is 0 Å². The van der Waals surface area contributed by atoms with Gasteiger partial charge < -0.3 is 5.32 Å². The van der Waals surface area contributed by atoms with Crippen LogP contribution in [0, 0.1) is 0 Å². The SMILES string of the molecule is CCc1ccc(CNC(=O)c2cn[nH]c2-c2ccc(CC)cc2)cc1. The maximum absolute atomic E-state index is 12.5. The number of aromatic nitrogens is 2. The number of aromatic amines is 1. The molecular weight excluding hydrogens is 310 g/mol. The number of hydrogen-bond acceptors (Lipinski definition) is 2. The lowest BCUT2D eigenvalue weighted by molar-refractivity contribution is 0.0951. The number of benzene rings is 2. The van der Waals surface area contributed by atoms with Crippen molar-refractivity contribution in [2.24, 2.45) is 0 Å². The van der Waals surface area contributed by atoms with Crippen LogP contribution < -0.4 is 5.32 Å². The lowest BCUT2D eigenvalue weighted by atomic mass is 10.0.